The van der Waals surface area contributed by atoms with Crippen LogP contribution in [-0.4, -0.2) is 54.8 Å². The molecule has 12 heteroatoms. The van der Waals surface area contributed by atoms with Gasteiger partial charge in [0.2, 0.25) is 5.60 Å². The third kappa shape index (κ3) is 2.89. The van der Waals surface area contributed by atoms with E-state index in [9.17, 15) is 23.1 Å². The van der Waals surface area contributed by atoms with Crippen molar-refractivity contribution < 1.29 is 23.0 Å². The van der Waals surface area contributed by atoms with Gasteiger partial charge in [0, 0.05) is 12.6 Å². The molecule has 0 bridgehead atoms. The summed E-state index contributed by atoms with van der Waals surface area (Å²) < 4.78 is 48.1. The lowest BCUT2D eigenvalue weighted by atomic mass is 9.96. The summed E-state index contributed by atoms with van der Waals surface area (Å²) in [5, 5.41) is 10.8. The van der Waals surface area contributed by atoms with E-state index in [0.29, 0.717) is 5.16 Å². The third-order valence-corrected chi connectivity index (χ3v) is 5.34. The molecular formula is C17H16F3N5O3S. The average molecular weight is 427 g/mol. The summed E-state index contributed by atoms with van der Waals surface area (Å²) in [4.78, 5) is 25.4. The van der Waals surface area contributed by atoms with Gasteiger partial charge in [-0.15, -0.1) is 6.58 Å². The number of fused-ring (bicyclic) bond motifs is 2. The molecule has 2 aromatic rings. The van der Waals surface area contributed by atoms with Crippen molar-refractivity contribution in [3.63, 3.8) is 0 Å². The van der Waals surface area contributed by atoms with Crippen molar-refractivity contribution in [2.45, 2.75) is 36.1 Å². The molecule has 0 radical (unpaired) electrons. The first-order chi connectivity index (χ1) is 13.7. The molecule has 0 spiro atoms. The van der Waals surface area contributed by atoms with E-state index in [1.807, 2.05) is 0 Å². The van der Waals surface area contributed by atoms with Crippen molar-refractivity contribution >= 4 is 28.5 Å². The summed E-state index contributed by atoms with van der Waals surface area (Å²) in [5.41, 5.74) is -3.96. The molecule has 2 aliphatic heterocycles. The molecule has 8 nitrogen and oxygen atoms in total. The van der Waals surface area contributed by atoms with Gasteiger partial charge in [-0.2, -0.15) is 13.2 Å². The van der Waals surface area contributed by atoms with E-state index in [0.717, 1.165) is 0 Å². The Bertz CT molecular complexity index is 1120. The van der Waals surface area contributed by atoms with E-state index in [1.165, 1.54) is 39.5 Å². The molecule has 2 aliphatic rings. The Morgan fingerprint density at radius 1 is 1.52 bits per heavy atom. The van der Waals surface area contributed by atoms with Crippen LogP contribution in [0.3, 0.4) is 0 Å². The predicted molar refractivity (Wildman–Crippen MR) is 99.9 cm³/mol. The predicted octanol–water partition coefficient (Wildman–Crippen LogP) is 2.05. The van der Waals surface area contributed by atoms with Gasteiger partial charge in [0.05, 0.1) is 6.54 Å². The second-order valence-corrected chi connectivity index (χ2v) is 7.30. The SMILES string of the molecule is C=CCn1c(=O)c2cnc(SC)nc2n1C1CC=C2OCC(O)(C(F)(F)F)C2=N1. The van der Waals surface area contributed by atoms with Gasteiger partial charge in [0.25, 0.3) is 5.56 Å². The fraction of sp³-hybridized carbons (Fsp3) is 0.412. The summed E-state index contributed by atoms with van der Waals surface area (Å²) in [6.45, 7) is 2.77. The Balaban J connectivity index is 1.92. The second kappa shape index (κ2) is 6.73. The minimum absolute atomic E-state index is 0.0990. The van der Waals surface area contributed by atoms with Crippen molar-refractivity contribution in [2.24, 2.45) is 4.99 Å². The summed E-state index contributed by atoms with van der Waals surface area (Å²) in [5.74, 6) is -0.102. The summed E-state index contributed by atoms with van der Waals surface area (Å²) in [7, 11) is 0. The molecule has 0 amide bonds. The largest absolute Gasteiger partial charge is 0.488 e. The van der Waals surface area contributed by atoms with Crippen LogP contribution in [0.25, 0.3) is 11.0 Å². The highest BCUT2D eigenvalue weighted by atomic mass is 32.2. The second-order valence-electron chi connectivity index (χ2n) is 6.52. The Morgan fingerprint density at radius 2 is 2.28 bits per heavy atom. The molecule has 0 aliphatic carbocycles. The number of hydrogen-bond acceptors (Lipinski definition) is 7. The van der Waals surface area contributed by atoms with Crippen LogP contribution in [0.2, 0.25) is 0 Å². The molecule has 0 aromatic carbocycles. The zero-order chi connectivity index (χ0) is 21.0. The zero-order valence-electron chi connectivity index (χ0n) is 15.2. The summed E-state index contributed by atoms with van der Waals surface area (Å²) in [6.07, 6.45) is 0.333. The molecule has 29 heavy (non-hydrogen) atoms. The maximum Gasteiger partial charge on any atom is 0.426 e. The number of nitrogens with zero attached hydrogens (tertiary/aromatic N) is 5. The lowest BCUT2D eigenvalue weighted by molar-refractivity contribution is -0.234. The van der Waals surface area contributed by atoms with Gasteiger partial charge in [-0.3, -0.25) is 9.79 Å². The molecule has 1 N–H and O–H groups in total. The molecule has 1 fully saturated rings. The smallest absolute Gasteiger partial charge is 0.426 e. The van der Waals surface area contributed by atoms with E-state index in [-0.39, 0.29) is 29.8 Å². The normalized spacial score (nSPS) is 24.1. The highest BCUT2D eigenvalue weighted by Gasteiger charge is 2.63. The molecule has 2 aromatic heterocycles. The Morgan fingerprint density at radius 3 is 2.93 bits per heavy atom. The highest BCUT2D eigenvalue weighted by molar-refractivity contribution is 7.98. The molecule has 2 unspecified atom stereocenters. The van der Waals surface area contributed by atoms with Gasteiger partial charge in [-0.1, -0.05) is 17.8 Å². The lowest BCUT2D eigenvalue weighted by Gasteiger charge is -2.27. The van der Waals surface area contributed by atoms with Crippen molar-refractivity contribution in [1.82, 2.24) is 19.3 Å². The highest BCUT2D eigenvalue weighted by Crippen LogP contribution is 2.42. The minimum Gasteiger partial charge on any atom is -0.488 e. The van der Waals surface area contributed by atoms with Crippen molar-refractivity contribution in [2.75, 3.05) is 12.9 Å². The summed E-state index contributed by atoms with van der Waals surface area (Å²) in [6, 6.07) is 0. The number of halogens is 3. The number of ether oxygens (including phenoxy) is 1. The Hall–Kier alpha value is -2.60. The van der Waals surface area contributed by atoms with Gasteiger partial charge in [0.1, 0.15) is 29.6 Å². The van der Waals surface area contributed by atoms with Gasteiger partial charge in [0.15, 0.2) is 10.8 Å². The van der Waals surface area contributed by atoms with Gasteiger partial charge >= 0.3 is 6.18 Å². The number of aliphatic hydroxyl groups is 1. The van der Waals surface area contributed by atoms with E-state index < -0.39 is 35.8 Å². The van der Waals surface area contributed by atoms with Crippen molar-refractivity contribution in [3.8, 4) is 0 Å². The van der Waals surface area contributed by atoms with Crippen LogP contribution in [0, 0.1) is 0 Å². The maximum atomic E-state index is 13.5. The van der Waals surface area contributed by atoms with Gasteiger partial charge < -0.3 is 9.84 Å². The Kier molecular flexibility index (Phi) is 4.57. The zero-order valence-corrected chi connectivity index (χ0v) is 16.0. The number of allylic oxidation sites excluding steroid dienone is 1. The van der Waals surface area contributed by atoms with Gasteiger partial charge in [-0.25, -0.2) is 19.3 Å². The number of dihydropyridines is 1. The van der Waals surface area contributed by atoms with Crippen molar-refractivity contribution in [1.29, 1.82) is 0 Å². The van der Waals surface area contributed by atoms with Crippen LogP contribution in [0.5, 0.6) is 0 Å². The first kappa shape index (κ1) is 19.7. The standard InChI is InChI=1S/C17H16F3N5O3S/c1-3-6-24-14(26)9-7-21-15(29-2)23-13(9)25(24)11-5-4-10-12(22-11)16(27,8-28-10)17(18,19)20/h3-4,7,11,27H,1,5-6,8H2,2H3. The number of alkyl halides is 3. The van der Waals surface area contributed by atoms with Gasteiger partial charge in [-0.05, 0) is 12.3 Å². The molecule has 4 rings (SSSR count). The monoisotopic (exact) mass is 427 g/mol. The number of hydrogen-bond donors (Lipinski definition) is 1. The van der Waals surface area contributed by atoms with Crippen LogP contribution in [0.4, 0.5) is 13.2 Å². The van der Waals surface area contributed by atoms with Crippen LogP contribution in [0.15, 0.2) is 45.6 Å². The van der Waals surface area contributed by atoms with E-state index in [4.69, 9.17) is 4.74 Å². The summed E-state index contributed by atoms with van der Waals surface area (Å²) >= 11 is 1.26. The molecule has 154 valence electrons. The van der Waals surface area contributed by atoms with Crippen LogP contribution >= 0.6 is 11.8 Å². The number of aromatic nitrogens is 4. The quantitative estimate of drug-likeness (QED) is 0.456. The number of aliphatic imine (C=N–C) groups is 1. The molecule has 4 heterocycles. The van der Waals surface area contributed by atoms with E-state index in [2.05, 4.69) is 21.5 Å². The topological polar surface area (TPSA) is 94.5 Å². The third-order valence-electron chi connectivity index (χ3n) is 4.78. The minimum atomic E-state index is -4.96. The molecule has 1 saturated heterocycles. The average Bonchev–Trinajstić information content (AvgIpc) is 3.17. The molecule has 0 saturated carbocycles. The number of thioether (sulfide) groups is 1. The first-order valence-corrected chi connectivity index (χ1v) is 9.77. The fourth-order valence-electron chi connectivity index (χ4n) is 3.36. The fourth-order valence-corrected chi connectivity index (χ4v) is 3.70. The van der Waals surface area contributed by atoms with Crippen molar-refractivity contribution in [3.05, 3.63) is 41.0 Å². The van der Waals surface area contributed by atoms with Crippen LogP contribution < -0.4 is 5.56 Å². The Labute approximate surface area is 166 Å². The van der Waals surface area contributed by atoms with Crippen LogP contribution in [-0.2, 0) is 11.3 Å². The maximum absolute atomic E-state index is 13.5. The molecular weight excluding hydrogens is 411 g/mol. The molecule has 2 atom stereocenters. The number of rotatable bonds is 4. The van der Waals surface area contributed by atoms with Crippen LogP contribution in [0.1, 0.15) is 12.6 Å². The van der Waals surface area contributed by atoms with E-state index in [1.54, 1.807) is 6.26 Å². The lowest BCUT2D eigenvalue weighted by Crippen LogP contribution is -2.52. The van der Waals surface area contributed by atoms with E-state index >= 15 is 0 Å². The first-order valence-electron chi connectivity index (χ1n) is 8.55.